The number of rotatable bonds is 3. The molecule has 1 aliphatic carbocycles. The molecule has 0 bridgehead atoms. The minimum absolute atomic E-state index is 0.165. The van der Waals surface area contributed by atoms with E-state index in [1.807, 2.05) is 18.7 Å². The van der Waals surface area contributed by atoms with E-state index in [2.05, 4.69) is 11.1 Å². The van der Waals surface area contributed by atoms with Crippen LogP contribution in [0.5, 0.6) is 5.75 Å². The van der Waals surface area contributed by atoms with Gasteiger partial charge in [0.05, 0.1) is 13.1 Å². The number of fused-ring (bicyclic) bond motifs is 1. The fourth-order valence-electron chi connectivity index (χ4n) is 3.13. The monoisotopic (exact) mass is 299 g/mol. The fourth-order valence-corrected chi connectivity index (χ4v) is 3.13. The third-order valence-corrected chi connectivity index (χ3v) is 4.42. The first-order valence-corrected chi connectivity index (χ1v) is 7.80. The van der Waals surface area contributed by atoms with E-state index < -0.39 is 0 Å². The van der Waals surface area contributed by atoms with E-state index in [1.54, 1.807) is 6.20 Å². The van der Waals surface area contributed by atoms with Crippen molar-refractivity contribution in [2.24, 2.45) is 11.3 Å². The maximum atomic E-state index is 12.9. The second-order valence-corrected chi connectivity index (χ2v) is 6.89. The summed E-state index contributed by atoms with van der Waals surface area (Å²) in [4.78, 5) is 18.8. The van der Waals surface area contributed by atoms with Gasteiger partial charge in [-0.2, -0.15) is 5.26 Å². The summed E-state index contributed by atoms with van der Waals surface area (Å²) < 4.78 is 5.70. The molecule has 5 heteroatoms. The van der Waals surface area contributed by atoms with Crippen LogP contribution in [-0.4, -0.2) is 28.9 Å². The van der Waals surface area contributed by atoms with Crippen LogP contribution >= 0.6 is 0 Å². The van der Waals surface area contributed by atoms with Crippen LogP contribution in [-0.2, 0) is 11.3 Å². The summed E-state index contributed by atoms with van der Waals surface area (Å²) in [6.07, 6.45) is 6.64. The summed E-state index contributed by atoms with van der Waals surface area (Å²) in [7, 11) is 0. The highest BCUT2D eigenvalue weighted by Crippen LogP contribution is 2.41. The van der Waals surface area contributed by atoms with Crippen molar-refractivity contribution in [2.45, 2.75) is 39.7 Å². The zero-order chi connectivity index (χ0) is 15.7. The molecule has 1 aliphatic heterocycles. The van der Waals surface area contributed by atoms with E-state index in [-0.39, 0.29) is 11.3 Å². The van der Waals surface area contributed by atoms with Gasteiger partial charge in [-0.1, -0.05) is 26.7 Å². The summed E-state index contributed by atoms with van der Waals surface area (Å²) in [5.41, 5.74) is 0.905. The first-order chi connectivity index (χ1) is 10.5. The summed E-state index contributed by atoms with van der Waals surface area (Å²) in [5, 5.41) is 9.15. The van der Waals surface area contributed by atoms with Crippen molar-refractivity contribution in [3.05, 3.63) is 23.5 Å². The molecule has 1 aromatic rings. The Kier molecular flexibility index (Phi) is 3.78. The summed E-state index contributed by atoms with van der Waals surface area (Å²) in [6.45, 7) is 5.49. The Bertz CT molecular complexity index is 629. The molecule has 1 saturated carbocycles. The van der Waals surface area contributed by atoms with E-state index in [9.17, 15) is 4.79 Å². The highest BCUT2D eigenvalue weighted by atomic mass is 16.5. The lowest BCUT2D eigenvalue weighted by atomic mass is 9.85. The van der Waals surface area contributed by atoms with Crippen LogP contribution in [0.15, 0.2) is 12.4 Å². The van der Waals surface area contributed by atoms with Crippen molar-refractivity contribution in [3.63, 3.8) is 0 Å². The number of nitrogens with zero attached hydrogens (tertiary/aromatic N) is 3. The van der Waals surface area contributed by atoms with Crippen LogP contribution < -0.4 is 4.74 Å². The average Bonchev–Trinajstić information content (AvgIpc) is 3.30. The lowest BCUT2D eigenvalue weighted by Crippen LogP contribution is -2.41. The molecule has 0 aromatic carbocycles. The van der Waals surface area contributed by atoms with Crippen molar-refractivity contribution in [1.29, 1.82) is 5.26 Å². The van der Waals surface area contributed by atoms with Crippen LogP contribution in [0.25, 0.3) is 0 Å². The van der Waals surface area contributed by atoms with Gasteiger partial charge >= 0.3 is 0 Å². The maximum Gasteiger partial charge on any atom is 0.228 e. The smallest absolute Gasteiger partial charge is 0.228 e. The number of amides is 1. The van der Waals surface area contributed by atoms with Crippen LogP contribution in [0.1, 0.15) is 44.2 Å². The molecular weight excluding hydrogens is 278 g/mol. The van der Waals surface area contributed by atoms with Crippen molar-refractivity contribution < 1.29 is 9.53 Å². The highest BCUT2D eigenvalue weighted by molar-refractivity contribution is 5.82. The molecule has 0 N–H and O–H groups in total. The van der Waals surface area contributed by atoms with E-state index in [0.717, 1.165) is 12.0 Å². The van der Waals surface area contributed by atoms with Gasteiger partial charge in [-0.25, -0.2) is 0 Å². The average molecular weight is 299 g/mol. The molecule has 1 amide bonds. The zero-order valence-corrected chi connectivity index (χ0v) is 13.1. The number of carbonyl (C=O) groups excluding carboxylic acids is 1. The molecule has 0 radical (unpaired) electrons. The van der Waals surface area contributed by atoms with Gasteiger partial charge < -0.3 is 9.64 Å². The van der Waals surface area contributed by atoms with Gasteiger partial charge in [0.1, 0.15) is 24.0 Å². The number of hydrogen-bond acceptors (Lipinski definition) is 4. The Morgan fingerprint density at radius 1 is 1.50 bits per heavy atom. The number of ether oxygens (including phenoxy) is 1. The van der Waals surface area contributed by atoms with Gasteiger partial charge in [-0.3, -0.25) is 9.78 Å². The van der Waals surface area contributed by atoms with Gasteiger partial charge in [-0.15, -0.1) is 0 Å². The molecule has 2 aliphatic rings. The van der Waals surface area contributed by atoms with Crippen LogP contribution in [0.2, 0.25) is 0 Å². The maximum absolute atomic E-state index is 12.9. The zero-order valence-electron chi connectivity index (χ0n) is 13.1. The molecule has 2 heterocycles. The van der Waals surface area contributed by atoms with Gasteiger partial charge in [-0.05, 0) is 12.3 Å². The van der Waals surface area contributed by atoms with Crippen LogP contribution in [0, 0.1) is 22.7 Å². The molecule has 22 heavy (non-hydrogen) atoms. The summed E-state index contributed by atoms with van der Waals surface area (Å²) in [6, 6.07) is 2.10. The molecule has 3 rings (SSSR count). The highest BCUT2D eigenvalue weighted by Gasteiger charge is 2.38. The Morgan fingerprint density at radius 2 is 2.27 bits per heavy atom. The molecule has 116 valence electrons. The normalized spacial score (nSPS) is 18.0. The number of pyridine rings is 1. The molecule has 0 atom stereocenters. The molecule has 0 spiro atoms. The largest absolute Gasteiger partial charge is 0.490 e. The standard InChI is InChI=1S/C17H21N3O2/c1-17(2,7-12-3-4-12)16(21)20-5-6-22-15-13(8-18)9-19-10-14(15)11-20/h9-10,12H,3-7,11H2,1-2H3. The number of hydrogen-bond donors (Lipinski definition) is 0. The molecule has 1 fully saturated rings. The minimum Gasteiger partial charge on any atom is -0.490 e. The Balaban J connectivity index is 1.80. The van der Waals surface area contributed by atoms with E-state index >= 15 is 0 Å². The first-order valence-electron chi connectivity index (χ1n) is 7.80. The number of nitriles is 1. The van der Waals surface area contributed by atoms with Crippen LogP contribution in [0.3, 0.4) is 0 Å². The van der Waals surface area contributed by atoms with Gasteiger partial charge in [0.2, 0.25) is 5.91 Å². The molecule has 0 unspecified atom stereocenters. The SMILES string of the molecule is CC(C)(CC1CC1)C(=O)N1CCOc2c(C#N)cncc2C1. The van der Waals surface area contributed by atoms with Crippen molar-refractivity contribution in [3.8, 4) is 11.8 Å². The van der Waals surface area contributed by atoms with Crippen LogP contribution in [0.4, 0.5) is 0 Å². The lowest BCUT2D eigenvalue weighted by Gasteiger charge is -2.31. The third kappa shape index (κ3) is 2.92. The van der Waals surface area contributed by atoms with Gasteiger partial charge in [0.25, 0.3) is 0 Å². The number of aromatic nitrogens is 1. The van der Waals surface area contributed by atoms with Gasteiger partial charge in [0, 0.05) is 23.4 Å². The van der Waals surface area contributed by atoms with E-state index in [0.29, 0.717) is 36.9 Å². The first kappa shape index (κ1) is 14.8. The topological polar surface area (TPSA) is 66.2 Å². The summed E-state index contributed by atoms with van der Waals surface area (Å²) in [5.74, 6) is 1.45. The predicted octanol–water partition coefficient (Wildman–Crippen LogP) is 2.50. The van der Waals surface area contributed by atoms with Crippen molar-refractivity contribution in [1.82, 2.24) is 9.88 Å². The van der Waals surface area contributed by atoms with E-state index in [1.165, 1.54) is 19.0 Å². The second kappa shape index (κ2) is 5.60. The Labute approximate surface area is 130 Å². The molecule has 1 aromatic heterocycles. The third-order valence-electron chi connectivity index (χ3n) is 4.42. The molecule has 0 saturated heterocycles. The second-order valence-electron chi connectivity index (χ2n) is 6.89. The Hall–Kier alpha value is -2.09. The fraction of sp³-hybridized carbons (Fsp3) is 0.588. The Morgan fingerprint density at radius 3 is 2.95 bits per heavy atom. The predicted molar refractivity (Wildman–Crippen MR) is 81.0 cm³/mol. The molecular formula is C17H21N3O2. The number of carbonyl (C=O) groups is 1. The van der Waals surface area contributed by atoms with Crippen molar-refractivity contribution in [2.75, 3.05) is 13.2 Å². The lowest BCUT2D eigenvalue weighted by molar-refractivity contribution is -0.141. The van der Waals surface area contributed by atoms with E-state index in [4.69, 9.17) is 10.00 Å². The minimum atomic E-state index is -0.341. The summed E-state index contributed by atoms with van der Waals surface area (Å²) >= 11 is 0. The van der Waals surface area contributed by atoms with Crippen molar-refractivity contribution >= 4 is 5.91 Å². The quantitative estimate of drug-likeness (QED) is 0.860. The molecule has 5 nitrogen and oxygen atoms in total. The van der Waals surface area contributed by atoms with Gasteiger partial charge in [0.15, 0.2) is 0 Å².